The number of carbonyl (C=O) groups excluding carboxylic acids is 1. The van der Waals surface area contributed by atoms with Gasteiger partial charge in [-0.25, -0.2) is 0 Å². The Labute approximate surface area is 80.5 Å². The Morgan fingerprint density at radius 2 is 2.45 bits per heavy atom. The topological polar surface area (TPSA) is 20.3 Å². The van der Waals surface area contributed by atoms with Crippen molar-refractivity contribution in [2.45, 2.75) is 25.3 Å². The van der Waals surface area contributed by atoms with E-state index in [1.165, 1.54) is 12.8 Å². The van der Waals surface area contributed by atoms with E-state index in [1.807, 2.05) is 0 Å². The molecule has 0 radical (unpaired) electrons. The number of halogens is 1. The van der Waals surface area contributed by atoms with Crippen molar-refractivity contribution >= 4 is 28.5 Å². The van der Waals surface area contributed by atoms with Crippen LogP contribution in [0.1, 0.15) is 19.3 Å². The van der Waals surface area contributed by atoms with Crippen LogP contribution in [0.5, 0.6) is 0 Å². The second-order valence-electron chi connectivity index (χ2n) is 3.42. The van der Waals surface area contributed by atoms with Gasteiger partial charge < -0.3 is 4.90 Å². The van der Waals surface area contributed by atoms with Gasteiger partial charge in [0, 0.05) is 23.4 Å². The van der Waals surface area contributed by atoms with Gasteiger partial charge in [0.25, 0.3) is 0 Å². The quantitative estimate of drug-likeness (QED) is 0.519. The van der Waals surface area contributed by atoms with E-state index in [2.05, 4.69) is 27.5 Å². The number of rotatable bonds is 1. The molecule has 0 saturated carbocycles. The van der Waals surface area contributed by atoms with E-state index in [9.17, 15) is 4.79 Å². The summed E-state index contributed by atoms with van der Waals surface area (Å²) in [6.45, 7) is 1.02. The highest BCUT2D eigenvalue weighted by molar-refractivity contribution is 14.1. The molecular weight excluding hydrogens is 253 g/mol. The molecule has 0 aromatic rings. The summed E-state index contributed by atoms with van der Waals surface area (Å²) < 4.78 is 1.14. The summed E-state index contributed by atoms with van der Waals surface area (Å²) in [6.07, 6.45) is 3.29. The van der Waals surface area contributed by atoms with Crippen molar-refractivity contribution in [3.8, 4) is 0 Å². The van der Waals surface area contributed by atoms with Gasteiger partial charge in [0.05, 0.1) is 0 Å². The van der Waals surface area contributed by atoms with Gasteiger partial charge in [-0.05, 0) is 18.8 Å². The Bertz CT molecular complexity index is 183. The van der Waals surface area contributed by atoms with Gasteiger partial charge in [-0.15, -0.1) is 0 Å². The molecule has 2 atom stereocenters. The standard InChI is InChI=1S/C8H12INO/c9-5-6-4-8(11)10-3-1-2-7(6)10/h6-7H,1-5H2. The fourth-order valence-electron chi connectivity index (χ4n) is 2.23. The highest BCUT2D eigenvalue weighted by atomic mass is 127. The molecule has 0 spiro atoms. The SMILES string of the molecule is O=C1CC(CI)C2CCCN12. The number of carbonyl (C=O) groups is 1. The van der Waals surface area contributed by atoms with Crippen LogP contribution in [0.3, 0.4) is 0 Å². The van der Waals surface area contributed by atoms with Crippen LogP contribution in [0.4, 0.5) is 0 Å². The lowest BCUT2D eigenvalue weighted by Crippen LogP contribution is -2.29. The van der Waals surface area contributed by atoms with Gasteiger partial charge in [0.2, 0.25) is 5.91 Å². The molecule has 1 amide bonds. The normalized spacial score (nSPS) is 36.5. The van der Waals surface area contributed by atoms with Crippen molar-refractivity contribution in [2.75, 3.05) is 11.0 Å². The summed E-state index contributed by atoms with van der Waals surface area (Å²) in [7, 11) is 0. The Morgan fingerprint density at radius 3 is 3.18 bits per heavy atom. The van der Waals surface area contributed by atoms with Crippen molar-refractivity contribution in [2.24, 2.45) is 5.92 Å². The third-order valence-electron chi connectivity index (χ3n) is 2.80. The largest absolute Gasteiger partial charge is 0.339 e. The number of nitrogens with zero attached hydrogens (tertiary/aromatic N) is 1. The van der Waals surface area contributed by atoms with Crippen molar-refractivity contribution in [1.82, 2.24) is 4.90 Å². The maximum absolute atomic E-state index is 11.3. The lowest BCUT2D eigenvalue weighted by atomic mass is 10.0. The van der Waals surface area contributed by atoms with Crippen LogP contribution >= 0.6 is 22.6 Å². The fraction of sp³-hybridized carbons (Fsp3) is 0.875. The van der Waals surface area contributed by atoms with Crippen LogP contribution in [0.15, 0.2) is 0 Å². The number of hydrogen-bond acceptors (Lipinski definition) is 1. The molecule has 3 heteroatoms. The predicted molar refractivity (Wildman–Crippen MR) is 51.7 cm³/mol. The van der Waals surface area contributed by atoms with Crippen LogP contribution in [0.25, 0.3) is 0 Å². The molecule has 62 valence electrons. The minimum absolute atomic E-state index is 0.397. The molecule has 0 aliphatic carbocycles. The number of fused-ring (bicyclic) bond motifs is 1. The molecule has 2 unspecified atom stereocenters. The molecule has 0 bridgehead atoms. The molecule has 0 N–H and O–H groups in total. The molecular formula is C8H12INO. The third kappa shape index (κ3) is 1.17. The van der Waals surface area contributed by atoms with E-state index < -0.39 is 0 Å². The van der Waals surface area contributed by atoms with E-state index in [0.29, 0.717) is 17.9 Å². The minimum atomic E-state index is 0.397. The van der Waals surface area contributed by atoms with Crippen molar-refractivity contribution < 1.29 is 4.79 Å². The van der Waals surface area contributed by atoms with Crippen LogP contribution in [0.2, 0.25) is 0 Å². The first kappa shape index (κ1) is 7.83. The summed E-state index contributed by atoms with van der Waals surface area (Å²) in [6, 6.07) is 0.611. The van der Waals surface area contributed by atoms with E-state index in [0.717, 1.165) is 17.4 Å². The Morgan fingerprint density at radius 1 is 1.64 bits per heavy atom. The van der Waals surface area contributed by atoms with Crippen LogP contribution in [-0.4, -0.2) is 27.8 Å². The lowest BCUT2D eigenvalue weighted by molar-refractivity contribution is -0.127. The molecule has 2 aliphatic rings. The van der Waals surface area contributed by atoms with Crippen LogP contribution in [-0.2, 0) is 4.79 Å². The fourth-order valence-corrected chi connectivity index (χ4v) is 3.13. The zero-order valence-corrected chi connectivity index (χ0v) is 8.58. The van der Waals surface area contributed by atoms with E-state index in [4.69, 9.17) is 0 Å². The third-order valence-corrected chi connectivity index (χ3v) is 3.93. The predicted octanol–water partition coefficient (Wildman–Crippen LogP) is 1.43. The zero-order chi connectivity index (χ0) is 7.84. The molecule has 2 heterocycles. The second kappa shape index (κ2) is 2.92. The molecule has 2 rings (SSSR count). The van der Waals surface area contributed by atoms with Gasteiger partial charge in [-0.2, -0.15) is 0 Å². The van der Waals surface area contributed by atoms with Gasteiger partial charge in [-0.3, -0.25) is 4.79 Å². The molecule has 11 heavy (non-hydrogen) atoms. The van der Waals surface area contributed by atoms with Gasteiger partial charge in [0.1, 0.15) is 0 Å². The van der Waals surface area contributed by atoms with E-state index in [-0.39, 0.29) is 0 Å². The molecule has 2 saturated heterocycles. The lowest BCUT2D eigenvalue weighted by Gasteiger charge is -2.17. The van der Waals surface area contributed by atoms with Gasteiger partial charge in [0.15, 0.2) is 0 Å². The monoisotopic (exact) mass is 265 g/mol. The molecule has 0 aromatic heterocycles. The summed E-state index contributed by atoms with van der Waals surface area (Å²) in [4.78, 5) is 13.4. The first-order valence-corrected chi connectivity index (χ1v) is 5.71. The number of amides is 1. The average Bonchev–Trinajstić information content (AvgIpc) is 2.54. The highest BCUT2D eigenvalue weighted by Crippen LogP contribution is 2.34. The van der Waals surface area contributed by atoms with Crippen molar-refractivity contribution in [3.63, 3.8) is 0 Å². The van der Waals surface area contributed by atoms with E-state index in [1.54, 1.807) is 0 Å². The summed E-state index contributed by atoms with van der Waals surface area (Å²) in [5.41, 5.74) is 0. The Kier molecular flexibility index (Phi) is 2.08. The molecule has 2 nitrogen and oxygen atoms in total. The molecule has 2 aliphatic heterocycles. The Balaban J connectivity index is 2.13. The van der Waals surface area contributed by atoms with Crippen LogP contribution in [0, 0.1) is 5.92 Å². The first-order valence-electron chi connectivity index (χ1n) is 4.18. The average molecular weight is 265 g/mol. The number of hydrogen-bond donors (Lipinski definition) is 0. The summed E-state index contributed by atoms with van der Waals surface area (Å²) in [5, 5.41) is 0. The smallest absolute Gasteiger partial charge is 0.223 e. The minimum Gasteiger partial charge on any atom is -0.339 e. The Hall–Kier alpha value is 0.200. The first-order chi connectivity index (χ1) is 5.33. The maximum Gasteiger partial charge on any atom is 0.223 e. The van der Waals surface area contributed by atoms with Crippen LogP contribution < -0.4 is 0 Å². The summed E-state index contributed by atoms with van der Waals surface area (Å²) in [5.74, 6) is 1.06. The second-order valence-corrected chi connectivity index (χ2v) is 4.30. The zero-order valence-electron chi connectivity index (χ0n) is 6.42. The van der Waals surface area contributed by atoms with Crippen molar-refractivity contribution in [3.05, 3.63) is 0 Å². The van der Waals surface area contributed by atoms with Crippen molar-refractivity contribution in [1.29, 1.82) is 0 Å². The summed E-state index contributed by atoms with van der Waals surface area (Å²) >= 11 is 2.40. The highest BCUT2D eigenvalue weighted by Gasteiger charge is 2.41. The number of alkyl halides is 1. The maximum atomic E-state index is 11.3. The molecule has 0 aromatic carbocycles. The van der Waals surface area contributed by atoms with E-state index >= 15 is 0 Å². The molecule has 2 fully saturated rings. The van der Waals surface area contributed by atoms with Gasteiger partial charge in [-0.1, -0.05) is 22.6 Å². The van der Waals surface area contributed by atoms with Gasteiger partial charge >= 0.3 is 0 Å².